The van der Waals surface area contributed by atoms with Gasteiger partial charge in [0.15, 0.2) is 0 Å². The third kappa shape index (κ3) is 2.14. The molecule has 2 aliphatic heterocycles. The van der Waals surface area contributed by atoms with Crippen LogP contribution in [0.15, 0.2) is 36.5 Å². The maximum absolute atomic E-state index is 12.8. The fourth-order valence-corrected chi connectivity index (χ4v) is 3.46. The first-order valence-corrected chi connectivity index (χ1v) is 7.41. The number of likely N-dealkylation sites (tertiary alicyclic amines) is 1. The van der Waals surface area contributed by atoms with Gasteiger partial charge in [0, 0.05) is 31.7 Å². The Morgan fingerprint density at radius 1 is 1.14 bits per heavy atom. The van der Waals surface area contributed by atoms with Crippen molar-refractivity contribution in [3.63, 3.8) is 0 Å². The van der Waals surface area contributed by atoms with Gasteiger partial charge in [0.1, 0.15) is 0 Å². The average molecular weight is 282 g/mol. The second kappa shape index (κ2) is 5.00. The largest absolute Gasteiger partial charge is 0.338 e. The first kappa shape index (κ1) is 12.6. The van der Waals surface area contributed by atoms with E-state index >= 15 is 0 Å². The molecular formula is C16H18N4O. The zero-order valence-electron chi connectivity index (χ0n) is 11.7. The lowest BCUT2D eigenvalue weighted by atomic mass is 10.0. The van der Waals surface area contributed by atoms with Crippen molar-refractivity contribution in [3.8, 4) is 11.3 Å². The van der Waals surface area contributed by atoms with E-state index < -0.39 is 0 Å². The summed E-state index contributed by atoms with van der Waals surface area (Å²) in [5.74, 6) is 1.32. The van der Waals surface area contributed by atoms with Crippen LogP contribution in [0.3, 0.4) is 0 Å². The Kier molecular flexibility index (Phi) is 3.00. The van der Waals surface area contributed by atoms with E-state index in [9.17, 15) is 4.79 Å². The minimum atomic E-state index is 0.0944. The number of benzene rings is 1. The van der Waals surface area contributed by atoms with Crippen molar-refractivity contribution in [2.75, 3.05) is 26.2 Å². The summed E-state index contributed by atoms with van der Waals surface area (Å²) in [5, 5.41) is 10.4. The van der Waals surface area contributed by atoms with Gasteiger partial charge in [-0.3, -0.25) is 9.89 Å². The summed E-state index contributed by atoms with van der Waals surface area (Å²) in [7, 11) is 0. The molecule has 2 atom stereocenters. The molecule has 2 fully saturated rings. The first-order valence-electron chi connectivity index (χ1n) is 7.41. The molecule has 0 unspecified atom stereocenters. The van der Waals surface area contributed by atoms with Crippen LogP contribution in [0.4, 0.5) is 0 Å². The summed E-state index contributed by atoms with van der Waals surface area (Å²) in [5.41, 5.74) is 2.49. The van der Waals surface area contributed by atoms with Crippen LogP contribution in [0.25, 0.3) is 11.3 Å². The normalized spacial score (nSPS) is 24.3. The van der Waals surface area contributed by atoms with Crippen molar-refractivity contribution < 1.29 is 4.79 Å². The summed E-state index contributed by atoms with van der Waals surface area (Å²) in [6.07, 6.45) is 1.65. The smallest absolute Gasteiger partial charge is 0.257 e. The Hall–Kier alpha value is -2.14. The summed E-state index contributed by atoms with van der Waals surface area (Å²) in [6.45, 7) is 3.78. The number of amides is 1. The van der Waals surface area contributed by atoms with Crippen molar-refractivity contribution in [3.05, 3.63) is 42.1 Å². The Morgan fingerprint density at radius 2 is 1.86 bits per heavy atom. The van der Waals surface area contributed by atoms with Gasteiger partial charge in [-0.2, -0.15) is 5.10 Å². The van der Waals surface area contributed by atoms with Crippen LogP contribution in [0.2, 0.25) is 0 Å². The highest BCUT2D eigenvalue weighted by Gasteiger charge is 2.38. The maximum atomic E-state index is 12.8. The lowest BCUT2D eigenvalue weighted by Crippen LogP contribution is -2.31. The lowest BCUT2D eigenvalue weighted by molar-refractivity contribution is 0.0782. The summed E-state index contributed by atoms with van der Waals surface area (Å²) in [4.78, 5) is 14.8. The molecule has 21 heavy (non-hydrogen) atoms. The molecule has 2 saturated heterocycles. The highest BCUT2D eigenvalue weighted by atomic mass is 16.2. The van der Waals surface area contributed by atoms with Gasteiger partial charge in [-0.25, -0.2) is 0 Å². The SMILES string of the molecule is O=C(c1cn[nH]c1-c1ccccc1)N1C[C@H]2CNC[C@H]2C1. The van der Waals surface area contributed by atoms with E-state index in [0.29, 0.717) is 17.4 Å². The topological polar surface area (TPSA) is 61.0 Å². The fraction of sp³-hybridized carbons (Fsp3) is 0.375. The second-order valence-corrected chi connectivity index (χ2v) is 5.91. The van der Waals surface area contributed by atoms with Gasteiger partial charge in [0.05, 0.1) is 17.5 Å². The van der Waals surface area contributed by atoms with E-state index in [1.54, 1.807) is 6.20 Å². The van der Waals surface area contributed by atoms with Crippen LogP contribution in [0.1, 0.15) is 10.4 Å². The predicted molar refractivity (Wildman–Crippen MR) is 79.8 cm³/mol. The van der Waals surface area contributed by atoms with E-state index in [0.717, 1.165) is 37.4 Å². The zero-order valence-corrected chi connectivity index (χ0v) is 11.7. The molecule has 1 aromatic carbocycles. The quantitative estimate of drug-likeness (QED) is 0.874. The molecule has 2 N–H and O–H groups in total. The number of carbonyl (C=O) groups is 1. The zero-order chi connectivity index (χ0) is 14.2. The van der Waals surface area contributed by atoms with E-state index in [2.05, 4.69) is 15.5 Å². The van der Waals surface area contributed by atoms with E-state index in [1.807, 2.05) is 35.2 Å². The first-order chi connectivity index (χ1) is 10.3. The number of carbonyl (C=O) groups excluding carboxylic acids is 1. The van der Waals surface area contributed by atoms with E-state index in [1.165, 1.54) is 0 Å². The van der Waals surface area contributed by atoms with Crippen molar-refractivity contribution >= 4 is 5.91 Å². The second-order valence-electron chi connectivity index (χ2n) is 5.91. The monoisotopic (exact) mass is 282 g/mol. The van der Waals surface area contributed by atoms with Gasteiger partial charge in [0.25, 0.3) is 5.91 Å². The Balaban J connectivity index is 1.60. The molecule has 0 aliphatic carbocycles. The van der Waals surface area contributed by atoms with Crippen molar-refractivity contribution in [1.29, 1.82) is 0 Å². The van der Waals surface area contributed by atoms with Gasteiger partial charge >= 0.3 is 0 Å². The van der Waals surface area contributed by atoms with Crippen LogP contribution in [0, 0.1) is 11.8 Å². The number of H-pyrrole nitrogens is 1. The van der Waals surface area contributed by atoms with Gasteiger partial charge in [-0.05, 0) is 11.8 Å². The predicted octanol–water partition coefficient (Wildman–Crippen LogP) is 1.37. The number of fused-ring (bicyclic) bond motifs is 1. The molecule has 0 radical (unpaired) electrons. The molecule has 2 aromatic rings. The summed E-state index contributed by atoms with van der Waals surface area (Å²) >= 11 is 0. The average Bonchev–Trinajstić information content (AvgIpc) is 3.22. The fourth-order valence-electron chi connectivity index (χ4n) is 3.46. The molecule has 0 bridgehead atoms. The van der Waals surface area contributed by atoms with Gasteiger partial charge < -0.3 is 10.2 Å². The molecule has 1 amide bonds. The molecule has 1 aromatic heterocycles. The minimum absolute atomic E-state index is 0.0944. The number of rotatable bonds is 2. The highest BCUT2D eigenvalue weighted by molar-refractivity contribution is 5.99. The molecule has 5 heteroatoms. The van der Waals surface area contributed by atoms with Crippen molar-refractivity contribution in [2.45, 2.75) is 0 Å². The summed E-state index contributed by atoms with van der Waals surface area (Å²) < 4.78 is 0. The molecular weight excluding hydrogens is 264 g/mol. The van der Waals surface area contributed by atoms with Gasteiger partial charge in [-0.15, -0.1) is 0 Å². The van der Waals surface area contributed by atoms with E-state index in [-0.39, 0.29) is 5.91 Å². The molecule has 0 saturated carbocycles. The Bertz CT molecular complexity index is 639. The number of aromatic amines is 1. The van der Waals surface area contributed by atoms with Gasteiger partial charge in [0.2, 0.25) is 0 Å². The third-order valence-corrected chi connectivity index (χ3v) is 4.61. The standard InChI is InChI=1S/C16H18N4O/c21-16(20-9-12-6-17-7-13(12)10-20)14-8-18-19-15(14)11-4-2-1-3-5-11/h1-5,8,12-13,17H,6-7,9-10H2,(H,18,19)/t12-,13+. The number of nitrogens with one attached hydrogen (secondary N) is 2. The van der Waals surface area contributed by atoms with E-state index in [4.69, 9.17) is 0 Å². The number of hydrogen-bond acceptors (Lipinski definition) is 3. The lowest BCUT2D eigenvalue weighted by Gasteiger charge is -2.17. The number of hydrogen-bond donors (Lipinski definition) is 2. The highest BCUT2D eigenvalue weighted by Crippen LogP contribution is 2.29. The molecule has 4 rings (SSSR count). The van der Waals surface area contributed by atoms with Crippen LogP contribution in [-0.4, -0.2) is 47.2 Å². The van der Waals surface area contributed by atoms with Crippen LogP contribution < -0.4 is 5.32 Å². The molecule has 2 aliphatic rings. The van der Waals surface area contributed by atoms with Crippen LogP contribution in [0.5, 0.6) is 0 Å². The molecule has 108 valence electrons. The van der Waals surface area contributed by atoms with Gasteiger partial charge in [-0.1, -0.05) is 30.3 Å². The Morgan fingerprint density at radius 3 is 2.57 bits per heavy atom. The van der Waals surface area contributed by atoms with Crippen molar-refractivity contribution in [2.24, 2.45) is 11.8 Å². The summed E-state index contributed by atoms with van der Waals surface area (Å²) in [6, 6.07) is 9.89. The maximum Gasteiger partial charge on any atom is 0.257 e. The molecule has 0 spiro atoms. The molecule has 5 nitrogen and oxygen atoms in total. The van der Waals surface area contributed by atoms with Crippen molar-refractivity contribution in [1.82, 2.24) is 20.4 Å². The Labute approximate surface area is 123 Å². The van der Waals surface area contributed by atoms with Crippen LogP contribution >= 0.6 is 0 Å². The number of nitrogens with zero attached hydrogens (tertiary/aromatic N) is 2. The molecule has 3 heterocycles. The minimum Gasteiger partial charge on any atom is -0.338 e. The third-order valence-electron chi connectivity index (χ3n) is 4.61. The van der Waals surface area contributed by atoms with Crippen LogP contribution in [-0.2, 0) is 0 Å². The number of aromatic nitrogens is 2.